The molecule has 2 fully saturated rings. The van der Waals surface area contributed by atoms with Gasteiger partial charge in [-0.25, -0.2) is 17.2 Å². The van der Waals surface area contributed by atoms with Crippen LogP contribution in [0.3, 0.4) is 0 Å². The molecule has 0 spiro atoms. The maximum absolute atomic E-state index is 15.1. The highest BCUT2D eigenvalue weighted by Gasteiger charge is 2.63. The van der Waals surface area contributed by atoms with E-state index in [-0.39, 0.29) is 30.3 Å². The summed E-state index contributed by atoms with van der Waals surface area (Å²) >= 11 is 0. The van der Waals surface area contributed by atoms with E-state index in [9.17, 15) is 30.8 Å². The number of amides is 1. The molecule has 2 aliphatic heterocycles. The smallest absolute Gasteiger partial charge is 0.338 e. The Hall–Kier alpha value is -2.49. The third-order valence-electron chi connectivity index (χ3n) is 9.26. The number of carbonyl (C=O) groups is 1. The first kappa shape index (κ1) is 28.1. The van der Waals surface area contributed by atoms with Crippen molar-refractivity contribution in [1.82, 2.24) is 4.90 Å². The first-order valence-corrected chi connectivity index (χ1v) is 15.0. The molecule has 0 saturated carbocycles. The minimum absolute atomic E-state index is 0.0534. The van der Waals surface area contributed by atoms with Gasteiger partial charge in [0.15, 0.2) is 0 Å². The van der Waals surface area contributed by atoms with E-state index < -0.39 is 55.9 Å². The van der Waals surface area contributed by atoms with Crippen molar-refractivity contribution >= 4 is 15.7 Å². The third-order valence-corrected chi connectivity index (χ3v) is 11.0. The first-order valence-electron chi connectivity index (χ1n) is 13.2. The van der Waals surface area contributed by atoms with Crippen LogP contribution in [-0.2, 0) is 37.6 Å². The lowest BCUT2D eigenvalue weighted by Gasteiger charge is -2.41. The predicted octanol–water partition coefficient (Wildman–Crippen LogP) is 5.77. The van der Waals surface area contributed by atoms with Crippen LogP contribution in [0.25, 0.3) is 0 Å². The van der Waals surface area contributed by atoms with Gasteiger partial charge in [0, 0.05) is 23.3 Å². The number of carbonyl (C=O) groups excluding carboxylic acids is 1. The van der Waals surface area contributed by atoms with E-state index in [0.29, 0.717) is 31.9 Å². The minimum Gasteiger partial charge on any atom is -0.338 e. The Morgan fingerprint density at radius 2 is 1.62 bits per heavy atom. The topological polar surface area (TPSA) is 54.5 Å². The average molecular weight is 570 g/mol. The Balaban J connectivity index is 1.61. The molecule has 2 saturated heterocycles. The van der Waals surface area contributed by atoms with E-state index in [4.69, 9.17) is 0 Å². The number of sulfone groups is 1. The largest absolute Gasteiger partial charge is 0.426 e. The molecule has 2 aromatic rings. The summed E-state index contributed by atoms with van der Waals surface area (Å²) in [4.78, 5) is 15.6. The fourth-order valence-electron chi connectivity index (χ4n) is 7.22. The maximum Gasteiger partial charge on any atom is 0.426 e. The van der Waals surface area contributed by atoms with E-state index in [1.54, 1.807) is 23.1 Å². The van der Waals surface area contributed by atoms with Crippen LogP contribution < -0.4 is 0 Å². The van der Waals surface area contributed by atoms with Crippen LogP contribution in [0.1, 0.15) is 62.3 Å². The molecule has 2 aromatic carbocycles. The Morgan fingerprint density at radius 3 is 2.21 bits per heavy atom. The van der Waals surface area contributed by atoms with Crippen LogP contribution in [0.2, 0.25) is 0 Å². The number of hydrogen-bond donors (Lipinski definition) is 0. The Bertz CT molecular complexity index is 1390. The van der Waals surface area contributed by atoms with Gasteiger partial charge >= 0.3 is 6.18 Å². The number of alkyl halides is 4. The number of benzene rings is 2. The van der Waals surface area contributed by atoms with Gasteiger partial charge in [-0.05, 0) is 67.0 Å². The first-order chi connectivity index (χ1) is 18.0. The number of fused-ring (bicyclic) bond motifs is 3. The summed E-state index contributed by atoms with van der Waals surface area (Å²) in [5.74, 6) is -1.11. The third kappa shape index (κ3) is 4.46. The molecule has 3 unspecified atom stereocenters. The van der Waals surface area contributed by atoms with Crippen LogP contribution >= 0.6 is 0 Å². The highest BCUT2D eigenvalue weighted by molar-refractivity contribution is 7.91. The van der Waals surface area contributed by atoms with E-state index >= 15 is 4.39 Å². The average Bonchev–Trinajstić information content (AvgIpc) is 3.32. The van der Waals surface area contributed by atoms with Gasteiger partial charge in [0.2, 0.25) is 11.6 Å². The van der Waals surface area contributed by atoms with E-state index in [1.807, 2.05) is 13.8 Å². The summed E-state index contributed by atoms with van der Waals surface area (Å²) in [6.07, 6.45) is -3.69. The van der Waals surface area contributed by atoms with Gasteiger partial charge in [-0.2, -0.15) is 13.2 Å². The molecular formula is C29H32F5NO3S. The summed E-state index contributed by atoms with van der Waals surface area (Å²) in [6.45, 7) is 4.65. The summed E-state index contributed by atoms with van der Waals surface area (Å²) in [5.41, 5.74) is -3.42. The van der Waals surface area contributed by atoms with Crippen molar-refractivity contribution in [3.05, 3.63) is 70.5 Å². The van der Waals surface area contributed by atoms with Gasteiger partial charge in [0.05, 0.1) is 17.5 Å². The van der Waals surface area contributed by atoms with Crippen molar-refractivity contribution in [2.75, 3.05) is 18.1 Å². The van der Waals surface area contributed by atoms with Crippen LogP contribution in [-0.4, -0.2) is 49.5 Å². The van der Waals surface area contributed by atoms with Gasteiger partial charge < -0.3 is 4.90 Å². The van der Waals surface area contributed by atoms with Crippen molar-refractivity contribution in [2.24, 2.45) is 5.92 Å². The molecule has 0 aromatic heterocycles. The molecule has 212 valence electrons. The lowest BCUT2D eigenvalue weighted by molar-refractivity contribution is -0.228. The molecule has 0 radical (unpaired) electrons. The van der Waals surface area contributed by atoms with Crippen LogP contribution in [0, 0.1) is 11.7 Å². The fourth-order valence-corrected chi connectivity index (χ4v) is 8.71. The zero-order valence-corrected chi connectivity index (χ0v) is 22.9. The quantitative estimate of drug-likeness (QED) is 0.440. The Kier molecular flexibility index (Phi) is 6.48. The lowest BCUT2D eigenvalue weighted by atomic mass is 9.70. The molecular weight excluding hydrogens is 537 g/mol. The Labute approximate surface area is 225 Å². The summed E-state index contributed by atoms with van der Waals surface area (Å²) in [6, 6.07) is 9.63. The summed E-state index contributed by atoms with van der Waals surface area (Å²) < 4.78 is 93.5. The molecule has 0 N–H and O–H groups in total. The maximum atomic E-state index is 15.1. The number of likely N-dealkylation sites (tertiary alicyclic amines) is 1. The SMILES string of the molecule is CC1(C)c2cc(C(C)(F)C(F)(F)F)ccc2C2(Cc3ccc(F)cc3)CCN(C(=O)C3CCS(=O)(=O)CC3)C12. The van der Waals surface area contributed by atoms with E-state index in [1.165, 1.54) is 24.3 Å². The Morgan fingerprint density at radius 1 is 1.00 bits per heavy atom. The van der Waals surface area contributed by atoms with E-state index in [2.05, 4.69) is 0 Å². The molecule has 0 bridgehead atoms. The minimum atomic E-state index is -5.10. The van der Waals surface area contributed by atoms with Crippen molar-refractivity contribution < 1.29 is 35.2 Å². The number of hydrogen-bond acceptors (Lipinski definition) is 3. The molecule has 10 heteroatoms. The highest BCUT2D eigenvalue weighted by Crippen LogP contribution is 2.59. The van der Waals surface area contributed by atoms with Gasteiger partial charge in [0.1, 0.15) is 15.7 Å². The van der Waals surface area contributed by atoms with Crippen molar-refractivity contribution in [3.8, 4) is 0 Å². The summed E-state index contributed by atoms with van der Waals surface area (Å²) in [5, 5.41) is 0. The van der Waals surface area contributed by atoms with Crippen molar-refractivity contribution in [2.45, 2.75) is 75.2 Å². The van der Waals surface area contributed by atoms with E-state index in [0.717, 1.165) is 11.1 Å². The molecule has 5 rings (SSSR count). The molecule has 3 aliphatic rings. The molecule has 4 nitrogen and oxygen atoms in total. The number of halogens is 5. The van der Waals surface area contributed by atoms with Crippen molar-refractivity contribution in [3.63, 3.8) is 0 Å². The second-order valence-corrected chi connectivity index (χ2v) is 14.4. The molecule has 1 amide bonds. The zero-order valence-electron chi connectivity index (χ0n) is 22.1. The standard InChI is InChI=1S/C29H32F5NO3S/c1-26(2)23-16-20(27(3,31)29(32,33)34)6-9-22(23)28(17-18-4-7-21(30)8-5-18)12-13-35(25(26)28)24(36)19-10-14-39(37,38)15-11-19/h4-9,16,19,25H,10-15,17H2,1-3H3. The molecule has 3 atom stereocenters. The molecule has 39 heavy (non-hydrogen) atoms. The monoisotopic (exact) mass is 569 g/mol. The summed E-state index contributed by atoms with van der Waals surface area (Å²) in [7, 11) is -3.17. The fraction of sp³-hybridized carbons (Fsp3) is 0.552. The van der Waals surface area contributed by atoms with Crippen LogP contribution in [0.15, 0.2) is 42.5 Å². The normalized spacial score (nSPS) is 27.6. The van der Waals surface area contributed by atoms with Crippen LogP contribution in [0.5, 0.6) is 0 Å². The van der Waals surface area contributed by atoms with Crippen LogP contribution in [0.4, 0.5) is 22.0 Å². The number of nitrogens with zero attached hydrogens (tertiary/aromatic N) is 1. The van der Waals surface area contributed by atoms with Gasteiger partial charge in [-0.15, -0.1) is 0 Å². The van der Waals surface area contributed by atoms with Gasteiger partial charge in [0.25, 0.3) is 0 Å². The highest BCUT2D eigenvalue weighted by atomic mass is 32.2. The molecule has 2 heterocycles. The lowest BCUT2D eigenvalue weighted by Crippen LogP contribution is -2.53. The second kappa shape index (κ2) is 9.01. The van der Waals surface area contributed by atoms with Gasteiger partial charge in [-0.1, -0.05) is 44.2 Å². The zero-order chi connectivity index (χ0) is 28.6. The second-order valence-electron chi connectivity index (χ2n) is 12.1. The number of rotatable bonds is 4. The van der Waals surface area contributed by atoms with Gasteiger partial charge in [-0.3, -0.25) is 4.79 Å². The molecule has 1 aliphatic carbocycles. The van der Waals surface area contributed by atoms with Crippen molar-refractivity contribution in [1.29, 1.82) is 0 Å². The predicted molar refractivity (Wildman–Crippen MR) is 137 cm³/mol.